The number of anilines is 4. The number of hydrogen-bond acceptors (Lipinski definition) is 8. The first-order valence-electron chi connectivity index (χ1n) is 12.2. The zero-order chi connectivity index (χ0) is 27.1. The van der Waals surface area contributed by atoms with Crippen molar-refractivity contribution in [2.45, 2.75) is 38.9 Å². The van der Waals surface area contributed by atoms with Crippen LogP contribution in [0.15, 0.2) is 47.7 Å². The maximum Gasteiger partial charge on any atom is 0.416 e. The molecule has 0 amide bonds. The second-order valence-corrected chi connectivity index (χ2v) is 10.4. The minimum absolute atomic E-state index is 0.254. The Kier molecular flexibility index (Phi) is 9.26. The van der Waals surface area contributed by atoms with Crippen molar-refractivity contribution >= 4 is 54.6 Å². The van der Waals surface area contributed by atoms with E-state index in [9.17, 15) is 13.2 Å². The van der Waals surface area contributed by atoms with Crippen LogP contribution >= 0.6 is 20.7 Å². The summed E-state index contributed by atoms with van der Waals surface area (Å²) in [6.45, 7) is 6.14. The van der Waals surface area contributed by atoms with E-state index in [-0.39, 0.29) is 6.04 Å². The van der Waals surface area contributed by atoms with Gasteiger partial charge >= 0.3 is 6.18 Å². The summed E-state index contributed by atoms with van der Waals surface area (Å²) in [7, 11) is 0. The molecule has 3 heterocycles. The highest BCUT2D eigenvalue weighted by atomic mass is 127. The highest BCUT2D eigenvalue weighted by Crippen LogP contribution is 2.32. The van der Waals surface area contributed by atoms with Gasteiger partial charge in [-0.3, -0.25) is 0 Å². The van der Waals surface area contributed by atoms with E-state index in [2.05, 4.69) is 42.2 Å². The summed E-state index contributed by atoms with van der Waals surface area (Å²) < 4.78 is 50.0. The van der Waals surface area contributed by atoms with Gasteiger partial charge in [0.1, 0.15) is 5.82 Å². The average molecular weight is 639 g/mol. The molecule has 1 aliphatic heterocycles. The number of aryl methyl sites for hydroxylation is 1. The molecule has 1 aromatic carbocycles. The molecule has 0 spiro atoms. The highest BCUT2D eigenvalue weighted by Gasteiger charge is 2.30. The molecule has 1 unspecified atom stereocenters. The van der Waals surface area contributed by atoms with Crippen LogP contribution in [0, 0.1) is 3.57 Å². The van der Waals surface area contributed by atoms with Crippen LogP contribution < -0.4 is 15.6 Å². The van der Waals surface area contributed by atoms with Crippen LogP contribution in [0.2, 0.25) is 0 Å². The lowest BCUT2D eigenvalue weighted by Gasteiger charge is -2.36. The Morgan fingerprint density at radius 2 is 2.08 bits per heavy atom. The van der Waals surface area contributed by atoms with Crippen LogP contribution in [0.1, 0.15) is 37.2 Å². The highest BCUT2D eigenvalue weighted by molar-refractivity contribution is 14.2. The number of ether oxygens (including phenoxy) is 1. The number of morpholine rings is 1. The maximum absolute atomic E-state index is 13.1. The molecule has 0 aliphatic carbocycles. The number of nitrogens with one attached hydrogen (secondary N) is 2. The molecule has 1 aliphatic rings. The van der Waals surface area contributed by atoms with Crippen molar-refractivity contribution in [3.63, 3.8) is 0 Å². The molecular formula is C26H29F3IN7O. The molecule has 12 heteroatoms. The quantitative estimate of drug-likeness (QED) is 0.173. The first-order valence-corrected chi connectivity index (χ1v) is 14.8. The fourth-order valence-electron chi connectivity index (χ4n) is 4.04. The summed E-state index contributed by atoms with van der Waals surface area (Å²) in [6.07, 6.45) is 0.489. The number of hydrazone groups is 1. The van der Waals surface area contributed by atoms with Crippen molar-refractivity contribution in [2.24, 2.45) is 5.10 Å². The summed E-state index contributed by atoms with van der Waals surface area (Å²) in [5.41, 5.74) is 4.44. The third-order valence-corrected chi connectivity index (χ3v) is 7.58. The zero-order valence-corrected chi connectivity index (χ0v) is 23.3. The van der Waals surface area contributed by atoms with E-state index < -0.39 is 32.5 Å². The van der Waals surface area contributed by atoms with E-state index in [1.54, 1.807) is 24.4 Å². The Balaban J connectivity index is 1.48. The predicted molar refractivity (Wildman–Crippen MR) is 154 cm³/mol. The van der Waals surface area contributed by atoms with Crippen LogP contribution in [0.5, 0.6) is 0 Å². The van der Waals surface area contributed by atoms with Gasteiger partial charge in [-0.2, -0.15) is 23.3 Å². The molecule has 38 heavy (non-hydrogen) atoms. The molecule has 202 valence electrons. The first kappa shape index (κ1) is 27.9. The molecule has 2 aromatic heterocycles. The van der Waals surface area contributed by atoms with Crippen LogP contribution in [0.25, 0.3) is 0 Å². The topological polar surface area (TPSA) is 87.6 Å². The predicted octanol–water partition coefficient (Wildman–Crippen LogP) is 5.83. The molecule has 1 saturated heterocycles. The van der Waals surface area contributed by atoms with Gasteiger partial charge in [-0.05, 0) is 43.2 Å². The molecular weight excluding hydrogens is 610 g/mol. The molecule has 2 N–H and O–H groups in total. The van der Waals surface area contributed by atoms with Gasteiger partial charge in [0.05, 0.1) is 51.7 Å². The van der Waals surface area contributed by atoms with E-state index in [0.717, 1.165) is 34.5 Å². The molecule has 3 aromatic rings. The molecule has 4 rings (SSSR count). The van der Waals surface area contributed by atoms with Gasteiger partial charge in [-0.15, -0.1) is 0 Å². The van der Waals surface area contributed by atoms with Gasteiger partial charge in [0, 0.05) is 18.4 Å². The molecule has 8 nitrogen and oxygen atoms in total. The first-order chi connectivity index (χ1) is 18.3. The maximum atomic E-state index is 13.1. The number of benzene rings is 1. The fraction of sp³-hybridized carbons (Fsp3) is 0.346. The summed E-state index contributed by atoms with van der Waals surface area (Å²) in [5.74, 6) is 1.25. The SMILES string of the molecule is C=Ic1cnc(N/N=C\c2ccc(Nc3cccc(C(F)(F)F)c3)c(CC)n2)nc1N1CCOCC1CC. The van der Waals surface area contributed by atoms with E-state index in [0.29, 0.717) is 48.3 Å². The molecule has 0 radical (unpaired) electrons. The minimum Gasteiger partial charge on any atom is -0.377 e. The van der Waals surface area contributed by atoms with E-state index in [1.807, 2.05) is 13.1 Å². The Labute approximate surface area is 229 Å². The van der Waals surface area contributed by atoms with Gasteiger partial charge < -0.3 is 15.0 Å². The van der Waals surface area contributed by atoms with Crippen molar-refractivity contribution < 1.29 is 17.9 Å². The number of rotatable bonds is 9. The van der Waals surface area contributed by atoms with E-state index in [1.165, 1.54) is 6.07 Å². The minimum atomic E-state index is -4.41. The molecule has 0 saturated carbocycles. The summed E-state index contributed by atoms with van der Waals surface area (Å²) >= 11 is -0.459. The van der Waals surface area contributed by atoms with Crippen LogP contribution in [-0.4, -0.2) is 51.5 Å². The van der Waals surface area contributed by atoms with Crippen molar-refractivity contribution in [1.82, 2.24) is 15.0 Å². The van der Waals surface area contributed by atoms with Gasteiger partial charge in [-0.1, -0.05) is 45.2 Å². The van der Waals surface area contributed by atoms with Gasteiger partial charge in [0.15, 0.2) is 0 Å². The Morgan fingerprint density at radius 1 is 1.24 bits per heavy atom. The Bertz CT molecular complexity index is 1300. The largest absolute Gasteiger partial charge is 0.416 e. The van der Waals surface area contributed by atoms with Gasteiger partial charge in [0.2, 0.25) is 5.95 Å². The van der Waals surface area contributed by atoms with E-state index in [4.69, 9.17) is 9.72 Å². The fourth-order valence-corrected chi connectivity index (χ4v) is 5.15. The number of hydrogen-bond donors (Lipinski definition) is 2. The third-order valence-electron chi connectivity index (χ3n) is 6.00. The smallest absolute Gasteiger partial charge is 0.377 e. The standard InChI is InChI=1S/C26H29F3IN7O/c1-4-20-16-38-12-11-37(20)24-21(30-3)15-31-25(35-24)36-32-14-19-9-10-23(22(5-2)34-19)33-18-8-6-7-17(13-18)26(27,28)29/h6-10,13-15,20,33H,3-5,11-12,16H2,1-2H3,(H,31,35,36)/b32-14-. The number of alkyl halides is 3. The van der Waals surface area contributed by atoms with Crippen molar-refractivity contribution in [3.8, 4) is 0 Å². The molecule has 1 fully saturated rings. The summed E-state index contributed by atoms with van der Waals surface area (Å²) in [6, 6.07) is 8.85. The van der Waals surface area contributed by atoms with Gasteiger partial charge in [0.25, 0.3) is 0 Å². The summed E-state index contributed by atoms with van der Waals surface area (Å²) in [4.78, 5) is 16.0. The number of nitrogens with zero attached hydrogens (tertiary/aromatic N) is 5. The van der Waals surface area contributed by atoms with Crippen LogP contribution in [0.3, 0.4) is 0 Å². The Hall–Kier alpha value is -3.13. The number of halogens is 4. The van der Waals surface area contributed by atoms with Crippen molar-refractivity contribution in [1.29, 1.82) is 0 Å². The van der Waals surface area contributed by atoms with Crippen LogP contribution in [-0.2, 0) is 17.3 Å². The lowest BCUT2D eigenvalue weighted by atomic mass is 10.1. The number of pyridine rings is 1. The second-order valence-electron chi connectivity index (χ2n) is 8.49. The molecule has 1 atom stereocenters. The normalized spacial score (nSPS) is 16.1. The summed E-state index contributed by atoms with van der Waals surface area (Å²) in [5, 5.41) is 7.31. The lowest BCUT2D eigenvalue weighted by Crippen LogP contribution is -2.46. The van der Waals surface area contributed by atoms with Crippen LogP contribution in [0.4, 0.5) is 36.3 Å². The monoisotopic (exact) mass is 639 g/mol. The average Bonchev–Trinajstić information content (AvgIpc) is 2.93. The van der Waals surface area contributed by atoms with Crippen molar-refractivity contribution in [2.75, 3.05) is 35.4 Å². The Morgan fingerprint density at radius 3 is 2.82 bits per heavy atom. The zero-order valence-electron chi connectivity index (χ0n) is 21.1. The third kappa shape index (κ3) is 6.84. The van der Waals surface area contributed by atoms with E-state index >= 15 is 0 Å². The number of aromatic nitrogens is 3. The molecule has 0 bridgehead atoms. The van der Waals surface area contributed by atoms with Gasteiger partial charge in [-0.25, -0.2) is 15.4 Å². The van der Waals surface area contributed by atoms with Crippen molar-refractivity contribution in [3.05, 3.63) is 63.1 Å². The lowest BCUT2D eigenvalue weighted by molar-refractivity contribution is -0.137. The second kappa shape index (κ2) is 12.6.